The maximum absolute atomic E-state index is 9.70. The second kappa shape index (κ2) is 8.88. The Kier molecular flexibility index (Phi) is 6.33. The van der Waals surface area contributed by atoms with Gasteiger partial charge in [0.2, 0.25) is 0 Å². The highest BCUT2D eigenvalue weighted by Gasteiger charge is 2.31. The van der Waals surface area contributed by atoms with Crippen LogP contribution in [0.2, 0.25) is 0 Å². The van der Waals surface area contributed by atoms with Crippen molar-refractivity contribution in [3.63, 3.8) is 0 Å². The van der Waals surface area contributed by atoms with Crippen molar-refractivity contribution < 1.29 is 9.84 Å². The number of nitrogens with two attached hydrogens (primary N) is 1. The van der Waals surface area contributed by atoms with Crippen LogP contribution < -0.4 is 10.5 Å². The zero-order valence-electron chi connectivity index (χ0n) is 19.9. The molecule has 1 fully saturated rings. The third-order valence-electron chi connectivity index (χ3n) is 7.22. The summed E-state index contributed by atoms with van der Waals surface area (Å²) in [6.07, 6.45) is 4.92. The summed E-state index contributed by atoms with van der Waals surface area (Å²) in [5, 5.41) is 12.0. The fourth-order valence-electron chi connectivity index (χ4n) is 4.98. The minimum absolute atomic E-state index is 0.0948. The highest BCUT2D eigenvalue weighted by atomic mass is 16.5. The molecule has 3 aromatic carbocycles. The van der Waals surface area contributed by atoms with Crippen molar-refractivity contribution in [1.29, 1.82) is 0 Å². The van der Waals surface area contributed by atoms with Crippen molar-refractivity contribution in [1.82, 2.24) is 0 Å². The minimum atomic E-state index is -0.762. The van der Waals surface area contributed by atoms with E-state index in [1.165, 1.54) is 12.8 Å². The van der Waals surface area contributed by atoms with Crippen LogP contribution in [0.4, 0.5) is 0 Å². The molecule has 0 heterocycles. The van der Waals surface area contributed by atoms with Gasteiger partial charge in [0.05, 0.1) is 18.2 Å². The van der Waals surface area contributed by atoms with Crippen molar-refractivity contribution in [3.05, 3.63) is 66.2 Å². The molecule has 0 aliphatic heterocycles. The van der Waals surface area contributed by atoms with E-state index in [1.807, 2.05) is 19.1 Å². The molecule has 4 rings (SSSR count). The van der Waals surface area contributed by atoms with Gasteiger partial charge in [0.25, 0.3) is 0 Å². The van der Waals surface area contributed by atoms with E-state index in [0.29, 0.717) is 5.41 Å². The predicted molar refractivity (Wildman–Crippen MR) is 134 cm³/mol. The van der Waals surface area contributed by atoms with E-state index >= 15 is 0 Å². The summed E-state index contributed by atoms with van der Waals surface area (Å²) in [4.78, 5) is 0. The fraction of sp³-hybridized carbons (Fsp3) is 0.448. The van der Waals surface area contributed by atoms with Crippen LogP contribution >= 0.6 is 0 Å². The van der Waals surface area contributed by atoms with Gasteiger partial charge in [-0.05, 0) is 78.0 Å². The Hall–Kier alpha value is -2.36. The molecule has 1 atom stereocenters. The van der Waals surface area contributed by atoms with Crippen molar-refractivity contribution in [2.75, 3.05) is 6.61 Å². The molecule has 1 aliphatic carbocycles. The van der Waals surface area contributed by atoms with Gasteiger partial charge >= 0.3 is 0 Å². The first-order valence-corrected chi connectivity index (χ1v) is 11.9. The second-order valence-electron chi connectivity index (χ2n) is 10.8. The molecule has 170 valence electrons. The van der Waals surface area contributed by atoms with E-state index < -0.39 is 5.54 Å². The van der Waals surface area contributed by atoms with Crippen LogP contribution in [0.5, 0.6) is 5.75 Å². The zero-order valence-corrected chi connectivity index (χ0v) is 19.9. The molecular formula is C29H37NO2. The average Bonchev–Trinajstić information content (AvgIpc) is 2.79. The van der Waals surface area contributed by atoms with E-state index in [9.17, 15) is 5.11 Å². The maximum Gasteiger partial charge on any atom is 0.128 e. The van der Waals surface area contributed by atoms with Crippen LogP contribution in [0.15, 0.2) is 60.7 Å². The lowest BCUT2D eigenvalue weighted by atomic mass is 9.72. The standard InChI is InChI=1S/C29H37NO2/c1-28(2,3)22-11-14-24(15-12-22)32-26-17-10-21-18-23(29(4,30)19-31)13-16-25(21)27(26)20-8-6-5-7-9-20/h5-10,13,16-18,22,24,31H,11-12,14-15,19,30H2,1-4H3/t22?,24?,29-/m0/s1. The van der Waals surface area contributed by atoms with E-state index in [4.69, 9.17) is 10.5 Å². The molecule has 32 heavy (non-hydrogen) atoms. The molecule has 0 bridgehead atoms. The summed E-state index contributed by atoms with van der Waals surface area (Å²) in [7, 11) is 0. The lowest BCUT2D eigenvalue weighted by molar-refractivity contribution is 0.0887. The summed E-state index contributed by atoms with van der Waals surface area (Å²) < 4.78 is 6.66. The van der Waals surface area contributed by atoms with Gasteiger partial charge in [0.1, 0.15) is 5.75 Å². The SMILES string of the molecule is CC(C)(C)C1CCC(Oc2ccc3cc([C@@](C)(N)CO)ccc3c2-c2ccccc2)CC1. The quantitative estimate of drug-likeness (QED) is 0.475. The Morgan fingerprint density at radius 3 is 2.22 bits per heavy atom. The lowest BCUT2D eigenvalue weighted by Gasteiger charge is -2.37. The smallest absolute Gasteiger partial charge is 0.128 e. The van der Waals surface area contributed by atoms with Crippen molar-refractivity contribution in [2.24, 2.45) is 17.1 Å². The van der Waals surface area contributed by atoms with E-state index in [-0.39, 0.29) is 12.7 Å². The van der Waals surface area contributed by atoms with Gasteiger partial charge in [-0.1, -0.05) is 69.3 Å². The summed E-state index contributed by atoms with van der Waals surface area (Å²) in [6.45, 7) is 8.83. The lowest BCUT2D eigenvalue weighted by Crippen LogP contribution is -2.36. The molecule has 3 N–H and O–H groups in total. The topological polar surface area (TPSA) is 55.5 Å². The Balaban J connectivity index is 1.70. The fourth-order valence-corrected chi connectivity index (χ4v) is 4.98. The first kappa shape index (κ1) is 22.8. The van der Waals surface area contributed by atoms with Crippen molar-refractivity contribution >= 4 is 10.8 Å². The largest absolute Gasteiger partial charge is 0.490 e. The van der Waals surface area contributed by atoms with Crippen LogP contribution in [0.25, 0.3) is 21.9 Å². The number of fused-ring (bicyclic) bond motifs is 1. The number of aliphatic hydroxyl groups excluding tert-OH is 1. The van der Waals surface area contributed by atoms with E-state index in [2.05, 4.69) is 69.3 Å². The van der Waals surface area contributed by atoms with Crippen LogP contribution in [0, 0.1) is 11.3 Å². The minimum Gasteiger partial charge on any atom is -0.490 e. The van der Waals surface area contributed by atoms with Gasteiger partial charge in [0, 0.05) is 5.56 Å². The number of hydrogen-bond acceptors (Lipinski definition) is 3. The van der Waals surface area contributed by atoms with E-state index in [1.54, 1.807) is 0 Å². The molecule has 0 amide bonds. The predicted octanol–water partition coefficient (Wildman–Crippen LogP) is 6.66. The molecule has 3 heteroatoms. The van der Waals surface area contributed by atoms with Crippen LogP contribution in [-0.2, 0) is 5.54 Å². The third kappa shape index (κ3) is 4.69. The Morgan fingerprint density at radius 2 is 1.59 bits per heavy atom. The molecule has 0 aromatic heterocycles. The first-order chi connectivity index (χ1) is 15.2. The van der Waals surface area contributed by atoms with Crippen LogP contribution in [0.3, 0.4) is 0 Å². The number of rotatable bonds is 5. The molecule has 0 unspecified atom stereocenters. The maximum atomic E-state index is 9.70. The molecule has 3 nitrogen and oxygen atoms in total. The number of ether oxygens (including phenoxy) is 1. The highest BCUT2D eigenvalue weighted by Crippen LogP contribution is 2.42. The highest BCUT2D eigenvalue weighted by molar-refractivity contribution is 6.00. The van der Waals surface area contributed by atoms with Gasteiger partial charge in [-0.15, -0.1) is 0 Å². The summed E-state index contributed by atoms with van der Waals surface area (Å²) in [5.74, 6) is 1.72. The molecular weight excluding hydrogens is 394 g/mol. The summed E-state index contributed by atoms with van der Waals surface area (Å²) in [5.41, 5.74) is 9.12. The molecule has 0 saturated heterocycles. The van der Waals surface area contributed by atoms with Gasteiger partial charge in [-0.2, -0.15) is 0 Å². The molecule has 0 spiro atoms. The molecule has 1 aliphatic rings. The number of aliphatic hydroxyl groups is 1. The van der Waals surface area contributed by atoms with Gasteiger partial charge in [-0.3, -0.25) is 0 Å². The van der Waals surface area contributed by atoms with Crippen molar-refractivity contribution in [2.45, 2.75) is 65.0 Å². The van der Waals surface area contributed by atoms with Crippen LogP contribution in [-0.4, -0.2) is 17.8 Å². The van der Waals surface area contributed by atoms with Gasteiger partial charge < -0.3 is 15.6 Å². The summed E-state index contributed by atoms with van der Waals surface area (Å²) in [6, 6.07) is 21.0. The monoisotopic (exact) mass is 431 g/mol. The Morgan fingerprint density at radius 1 is 0.906 bits per heavy atom. The molecule has 3 aromatic rings. The van der Waals surface area contributed by atoms with Crippen molar-refractivity contribution in [3.8, 4) is 16.9 Å². The first-order valence-electron chi connectivity index (χ1n) is 11.9. The zero-order chi connectivity index (χ0) is 22.9. The van der Waals surface area contributed by atoms with Gasteiger partial charge in [-0.25, -0.2) is 0 Å². The van der Waals surface area contributed by atoms with Gasteiger partial charge in [0.15, 0.2) is 0 Å². The molecule has 1 saturated carbocycles. The number of hydrogen-bond donors (Lipinski definition) is 2. The second-order valence-corrected chi connectivity index (χ2v) is 10.8. The number of benzene rings is 3. The Labute approximate surface area is 192 Å². The van der Waals surface area contributed by atoms with Crippen LogP contribution in [0.1, 0.15) is 58.9 Å². The van der Waals surface area contributed by atoms with E-state index in [0.717, 1.165) is 52.0 Å². The summed E-state index contributed by atoms with van der Waals surface area (Å²) >= 11 is 0. The third-order valence-corrected chi connectivity index (χ3v) is 7.22. The average molecular weight is 432 g/mol. The normalized spacial score (nSPS) is 21.3. The Bertz CT molecular complexity index is 1060. The molecule has 0 radical (unpaired) electrons.